The maximum Gasteiger partial charge on any atom is 0.162 e. The van der Waals surface area contributed by atoms with Gasteiger partial charge in [0.05, 0.1) is 33.0 Å². The quantitative estimate of drug-likeness (QED) is 0.214. The van der Waals surface area contributed by atoms with Crippen LogP contribution in [-0.4, -0.2) is 37.7 Å². The van der Waals surface area contributed by atoms with E-state index in [1.54, 1.807) is 12.5 Å². The van der Waals surface area contributed by atoms with E-state index in [1.807, 2.05) is 19.0 Å². The lowest BCUT2D eigenvalue weighted by Crippen LogP contribution is -2.11. The van der Waals surface area contributed by atoms with Crippen molar-refractivity contribution in [1.29, 1.82) is 0 Å². The van der Waals surface area contributed by atoms with Crippen molar-refractivity contribution in [2.75, 3.05) is 24.3 Å². The second kappa shape index (κ2) is 10.6. The highest BCUT2D eigenvalue weighted by Crippen LogP contribution is 2.42. The molecule has 0 radical (unpaired) electrons. The van der Waals surface area contributed by atoms with Crippen molar-refractivity contribution in [1.82, 2.24) is 4.98 Å². The molecule has 2 heterocycles. The molecule has 0 aliphatic rings. The van der Waals surface area contributed by atoms with Crippen LogP contribution in [0, 0.1) is 0 Å². The van der Waals surface area contributed by atoms with Crippen LogP contribution in [0.25, 0.3) is 10.2 Å². The van der Waals surface area contributed by atoms with Gasteiger partial charge < -0.3 is 10.2 Å². The van der Waals surface area contributed by atoms with Crippen LogP contribution in [0.2, 0.25) is 5.02 Å². The van der Waals surface area contributed by atoms with Crippen molar-refractivity contribution in [3.05, 3.63) is 16.1 Å². The highest BCUT2D eigenvalue weighted by molar-refractivity contribution is 7.21. The van der Waals surface area contributed by atoms with E-state index in [0.29, 0.717) is 9.90 Å². The molecule has 2 aromatic rings. The van der Waals surface area contributed by atoms with Gasteiger partial charge in [-0.15, -0.1) is 11.3 Å². The van der Waals surface area contributed by atoms with Gasteiger partial charge in [-0.05, 0) is 13.3 Å². The first-order chi connectivity index (χ1) is 13.0. The molecule has 0 aromatic carbocycles. The van der Waals surface area contributed by atoms with Gasteiger partial charge in [-0.25, -0.2) is 4.98 Å². The highest BCUT2D eigenvalue weighted by atomic mass is 35.5. The molecule has 0 aliphatic carbocycles. The lowest BCUT2D eigenvalue weighted by Gasteiger charge is -2.16. The van der Waals surface area contributed by atoms with Crippen molar-refractivity contribution in [3.8, 4) is 0 Å². The number of aldehydes is 1. The fourth-order valence-electron chi connectivity index (χ4n) is 3.05. The number of carbonyl (C=O) groups excluding carboxylic acids is 1. The third kappa shape index (κ3) is 5.66. The second-order valence-corrected chi connectivity index (χ2v) is 8.40. The standard InChI is InChI=1S/C20H29ClN4OS/c1-5-6-7-8-9-10-14(2)23-13-24-18-16(12-26)27-20-17(18)19(25(3)4)15(21)11-22-20/h11-14H,5-10H2,1-4H3,(H,23,24). The molecule has 0 saturated heterocycles. The summed E-state index contributed by atoms with van der Waals surface area (Å²) in [5.74, 6) is 0. The number of aromatic nitrogens is 1. The normalized spacial score (nSPS) is 12.6. The first kappa shape index (κ1) is 21.6. The largest absolute Gasteiger partial charge is 0.376 e. The smallest absolute Gasteiger partial charge is 0.162 e. The monoisotopic (exact) mass is 408 g/mol. The number of hydrogen-bond acceptors (Lipinski definition) is 5. The van der Waals surface area contributed by atoms with E-state index < -0.39 is 0 Å². The van der Waals surface area contributed by atoms with Crippen molar-refractivity contribution in [3.63, 3.8) is 0 Å². The number of thiophene rings is 1. The summed E-state index contributed by atoms with van der Waals surface area (Å²) in [5.41, 5.74) is 1.58. The van der Waals surface area contributed by atoms with E-state index in [1.165, 1.54) is 43.4 Å². The molecule has 0 fully saturated rings. The predicted molar refractivity (Wildman–Crippen MR) is 119 cm³/mol. The van der Waals surface area contributed by atoms with Crippen molar-refractivity contribution in [2.24, 2.45) is 4.99 Å². The molecular weight excluding hydrogens is 380 g/mol. The first-order valence-corrected chi connectivity index (χ1v) is 10.7. The Kier molecular flexibility index (Phi) is 8.51. The van der Waals surface area contributed by atoms with Crippen LogP contribution >= 0.6 is 22.9 Å². The molecule has 0 amide bonds. The number of carbonyl (C=O) groups is 1. The maximum absolute atomic E-state index is 11.5. The number of nitrogens with zero attached hydrogens (tertiary/aromatic N) is 3. The van der Waals surface area contributed by atoms with Crippen LogP contribution < -0.4 is 10.2 Å². The van der Waals surface area contributed by atoms with Gasteiger partial charge in [0.25, 0.3) is 0 Å². The Morgan fingerprint density at radius 1 is 1.33 bits per heavy atom. The van der Waals surface area contributed by atoms with Crippen LogP contribution in [-0.2, 0) is 0 Å². The van der Waals surface area contributed by atoms with Crippen molar-refractivity contribution in [2.45, 2.75) is 58.4 Å². The summed E-state index contributed by atoms with van der Waals surface area (Å²) in [6.45, 7) is 4.35. The number of unbranched alkanes of at least 4 members (excludes halogenated alkanes) is 4. The molecular formula is C20H29ClN4OS. The van der Waals surface area contributed by atoms with Crippen LogP contribution in [0.3, 0.4) is 0 Å². The van der Waals surface area contributed by atoms with E-state index in [9.17, 15) is 4.79 Å². The average Bonchev–Trinajstić information content (AvgIpc) is 2.99. The number of hydrogen-bond donors (Lipinski definition) is 1. The van der Waals surface area contributed by atoms with Crippen LogP contribution in [0.5, 0.6) is 0 Å². The number of fused-ring (bicyclic) bond motifs is 1. The van der Waals surface area contributed by atoms with Gasteiger partial charge >= 0.3 is 0 Å². The van der Waals surface area contributed by atoms with Crippen LogP contribution in [0.4, 0.5) is 11.4 Å². The molecule has 27 heavy (non-hydrogen) atoms. The molecule has 1 atom stereocenters. The Morgan fingerprint density at radius 3 is 2.74 bits per heavy atom. The molecule has 0 spiro atoms. The molecule has 2 rings (SSSR count). The van der Waals surface area contributed by atoms with Gasteiger partial charge in [-0.1, -0.05) is 50.6 Å². The Labute approximate surface area is 170 Å². The molecule has 148 valence electrons. The molecule has 7 heteroatoms. The van der Waals surface area contributed by atoms with Gasteiger partial charge in [0.1, 0.15) is 4.83 Å². The zero-order valence-electron chi connectivity index (χ0n) is 16.6. The van der Waals surface area contributed by atoms with Gasteiger partial charge in [0, 0.05) is 26.3 Å². The topological polar surface area (TPSA) is 57.6 Å². The Morgan fingerprint density at radius 2 is 2.07 bits per heavy atom. The molecule has 0 saturated carbocycles. The summed E-state index contributed by atoms with van der Waals surface area (Å²) in [7, 11) is 3.86. The Hall–Kier alpha value is -1.66. The lowest BCUT2D eigenvalue weighted by molar-refractivity contribution is 0.112. The fraction of sp³-hybridized carbons (Fsp3) is 0.550. The van der Waals surface area contributed by atoms with Gasteiger partial charge in [0.2, 0.25) is 0 Å². The summed E-state index contributed by atoms with van der Waals surface area (Å²) in [6, 6.07) is 0.249. The zero-order valence-corrected chi connectivity index (χ0v) is 18.2. The van der Waals surface area contributed by atoms with E-state index in [0.717, 1.165) is 34.3 Å². The molecule has 1 unspecified atom stereocenters. The molecule has 1 N–H and O–H groups in total. The second-order valence-electron chi connectivity index (χ2n) is 6.96. The SMILES string of the molecule is CCCCCCCC(C)N=CNc1c(C=O)sc2ncc(Cl)c(N(C)C)c12. The number of nitrogens with one attached hydrogen (secondary N) is 1. The number of rotatable bonds is 11. The Bertz CT molecular complexity index is 788. The molecule has 0 bridgehead atoms. The third-order valence-electron chi connectivity index (χ3n) is 4.49. The average molecular weight is 409 g/mol. The first-order valence-electron chi connectivity index (χ1n) is 9.51. The summed E-state index contributed by atoms with van der Waals surface area (Å²) in [6.07, 6.45) is 11.6. The number of halogens is 1. The number of pyridine rings is 1. The van der Waals surface area contributed by atoms with Crippen LogP contribution in [0.15, 0.2) is 11.2 Å². The van der Waals surface area contributed by atoms with Gasteiger partial charge in [0.15, 0.2) is 6.29 Å². The molecule has 5 nitrogen and oxygen atoms in total. The summed E-state index contributed by atoms with van der Waals surface area (Å²) < 4.78 is 0. The minimum Gasteiger partial charge on any atom is -0.376 e. The van der Waals surface area contributed by atoms with E-state index in [-0.39, 0.29) is 6.04 Å². The van der Waals surface area contributed by atoms with E-state index >= 15 is 0 Å². The summed E-state index contributed by atoms with van der Waals surface area (Å²) in [4.78, 5) is 23.8. The van der Waals surface area contributed by atoms with E-state index in [2.05, 4.69) is 29.1 Å². The fourth-order valence-corrected chi connectivity index (χ4v) is 4.29. The van der Waals surface area contributed by atoms with Gasteiger partial charge in [-0.3, -0.25) is 9.79 Å². The number of anilines is 2. The maximum atomic E-state index is 11.5. The van der Waals surface area contributed by atoms with Crippen molar-refractivity contribution >= 4 is 57.2 Å². The van der Waals surface area contributed by atoms with E-state index in [4.69, 9.17) is 11.6 Å². The Balaban J connectivity index is 2.13. The number of aliphatic imine (C=N–C) groups is 1. The summed E-state index contributed by atoms with van der Waals surface area (Å²) >= 11 is 7.71. The zero-order chi connectivity index (χ0) is 19.8. The minimum absolute atomic E-state index is 0.249. The van der Waals surface area contributed by atoms with Gasteiger partial charge in [-0.2, -0.15) is 0 Å². The minimum atomic E-state index is 0.249. The summed E-state index contributed by atoms with van der Waals surface area (Å²) in [5, 5.41) is 4.63. The third-order valence-corrected chi connectivity index (χ3v) is 5.79. The molecule has 2 aromatic heterocycles. The van der Waals surface area contributed by atoms with Crippen molar-refractivity contribution < 1.29 is 4.79 Å². The highest BCUT2D eigenvalue weighted by Gasteiger charge is 2.19. The lowest BCUT2D eigenvalue weighted by atomic mass is 10.1. The molecule has 0 aliphatic heterocycles. The predicted octanol–water partition coefficient (Wildman–Crippen LogP) is 6.02. The van der Waals surface area contributed by atoms with Crippen LogP contribution in [0.1, 0.15) is 62.0 Å².